The summed E-state index contributed by atoms with van der Waals surface area (Å²) >= 11 is 0. The maximum atomic E-state index is 5.86. The Bertz CT molecular complexity index is 741. The van der Waals surface area contributed by atoms with Crippen LogP contribution in [0.3, 0.4) is 0 Å². The maximum absolute atomic E-state index is 5.86. The molecule has 7 nitrogen and oxygen atoms in total. The van der Waals surface area contributed by atoms with Gasteiger partial charge < -0.3 is 11.1 Å². The number of rotatable bonds is 3. The molecule has 0 spiro atoms. The van der Waals surface area contributed by atoms with Crippen molar-refractivity contribution in [2.24, 2.45) is 7.05 Å². The highest BCUT2D eigenvalue weighted by Gasteiger charge is 2.06. The van der Waals surface area contributed by atoms with E-state index in [0.29, 0.717) is 17.5 Å². The Kier molecular flexibility index (Phi) is 2.86. The van der Waals surface area contributed by atoms with Crippen LogP contribution in [-0.4, -0.2) is 25.0 Å². The lowest BCUT2D eigenvalue weighted by Crippen LogP contribution is -1.98. The molecule has 102 valence electrons. The molecule has 0 aliphatic carbocycles. The molecule has 20 heavy (non-hydrogen) atoms. The lowest BCUT2D eigenvalue weighted by Gasteiger charge is -2.06. The Hall–Kier alpha value is -2.83. The average molecular weight is 269 g/mol. The molecular formula is C13H15N7. The van der Waals surface area contributed by atoms with Gasteiger partial charge in [0.15, 0.2) is 5.82 Å². The molecule has 0 saturated heterocycles. The van der Waals surface area contributed by atoms with Gasteiger partial charge in [0.2, 0.25) is 0 Å². The summed E-state index contributed by atoms with van der Waals surface area (Å²) in [5.41, 5.74) is 8.78. The molecule has 0 amide bonds. The number of nitrogens with two attached hydrogens (primary N) is 1. The monoisotopic (exact) mass is 269 g/mol. The first kappa shape index (κ1) is 12.2. The first-order chi connectivity index (χ1) is 9.60. The lowest BCUT2D eigenvalue weighted by atomic mass is 10.1. The third-order valence-electron chi connectivity index (χ3n) is 2.85. The summed E-state index contributed by atoms with van der Waals surface area (Å²) in [5, 5.41) is 14.3. The molecule has 0 radical (unpaired) electrons. The van der Waals surface area contributed by atoms with Gasteiger partial charge in [0, 0.05) is 30.6 Å². The number of hydrogen-bond acceptors (Lipinski definition) is 5. The second-order valence-electron chi connectivity index (χ2n) is 4.63. The van der Waals surface area contributed by atoms with E-state index in [-0.39, 0.29) is 0 Å². The summed E-state index contributed by atoms with van der Waals surface area (Å²) in [4.78, 5) is 4.26. The van der Waals surface area contributed by atoms with Crippen molar-refractivity contribution < 1.29 is 0 Å². The molecule has 3 aromatic heterocycles. The van der Waals surface area contributed by atoms with Gasteiger partial charge in [-0.15, -0.1) is 0 Å². The molecule has 0 aliphatic rings. The molecule has 7 heteroatoms. The van der Waals surface area contributed by atoms with Crippen molar-refractivity contribution in [3.63, 3.8) is 0 Å². The van der Waals surface area contributed by atoms with E-state index >= 15 is 0 Å². The predicted octanol–water partition coefficient (Wildman–Crippen LogP) is 1.84. The van der Waals surface area contributed by atoms with Crippen LogP contribution in [0.5, 0.6) is 0 Å². The zero-order chi connectivity index (χ0) is 14.1. The summed E-state index contributed by atoms with van der Waals surface area (Å²) in [6.45, 7) is 1.94. The standard InChI is InChI=1S/C13H15N7/c1-8-3-13(19-18-8)17-12-5-9(4-11(14)16-12)10-6-15-20(2)7-10/h3-7H,1-2H3,(H4,14,16,17,18,19). The minimum absolute atomic E-state index is 0.445. The minimum atomic E-state index is 0.445. The van der Waals surface area contributed by atoms with Crippen LogP contribution in [0.1, 0.15) is 5.69 Å². The van der Waals surface area contributed by atoms with Crippen LogP contribution in [0.15, 0.2) is 30.6 Å². The number of nitrogens with one attached hydrogen (secondary N) is 2. The van der Waals surface area contributed by atoms with Crippen LogP contribution in [0.4, 0.5) is 17.5 Å². The SMILES string of the molecule is Cc1cc(Nc2cc(-c3cnn(C)c3)cc(N)n2)n[nH]1. The summed E-state index contributed by atoms with van der Waals surface area (Å²) in [5.74, 6) is 1.80. The third-order valence-corrected chi connectivity index (χ3v) is 2.85. The molecule has 0 bridgehead atoms. The van der Waals surface area contributed by atoms with Crippen molar-refractivity contribution in [3.8, 4) is 11.1 Å². The van der Waals surface area contributed by atoms with E-state index in [1.807, 2.05) is 38.4 Å². The largest absolute Gasteiger partial charge is 0.384 e. The van der Waals surface area contributed by atoms with E-state index in [9.17, 15) is 0 Å². The maximum Gasteiger partial charge on any atom is 0.153 e. The van der Waals surface area contributed by atoms with E-state index in [1.165, 1.54) is 0 Å². The van der Waals surface area contributed by atoms with Gasteiger partial charge in [-0.1, -0.05) is 0 Å². The fraction of sp³-hybridized carbons (Fsp3) is 0.154. The molecule has 0 unspecified atom stereocenters. The summed E-state index contributed by atoms with van der Waals surface area (Å²) < 4.78 is 1.75. The lowest BCUT2D eigenvalue weighted by molar-refractivity contribution is 0.768. The van der Waals surface area contributed by atoms with Crippen LogP contribution >= 0.6 is 0 Å². The summed E-state index contributed by atoms with van der Waals surface area (Å²) in [6.07, 6.45) is 3.72. The van der Waals surface area contributed by atoms with Crippen molar-refractivity contribution in [2.75, 3.05) is 11.1 Å². The van der Waals surface area contributed by atoms with Gasteiger partial charge in [0.25, 0.3) is 0 Å². The minimum Gasteiger partial charge on any atom is -0.384 e. The molecular weight excluding hydrogens is 254 g/mol. The molecule has 0 aliphatic heterocycles. The molecule has 0 aromatic carbocycles. The van der Waals surface area contributed by atoms with Crippen LogP contribution in [0.2, 0.25) is 0 Å². The van der Waals surface area contributed by atoms with E-state index < -0.39 is 0 Å². The van der Waals surface area contributed by atoms with Gasteiger partial charge in [0.1, 0.15) is 11.6 Å². The van der Waals surface area contributed by atoms with Gasteiger partial charge in [0.05, 0.1) is 6.20 Å². The topological polar surface area (TPSA) is 97.4 Å². The van der Waals surface area contributed by atoms with Crippen LogP contribution in [0, 0.1) is 6.92 Å². The zero-order valence-electron chi connectivity index (χ0n) is 11.3. The number of aryl methyl sites for hydroxylation is 2. The van der Waals surface area contributed by atoms with E-state index in [4.69, 9.17) is 5.73 Å². The summed E-state index contributed by atoms with van der Waals surface area (Å²) in [7, 11) is 1.87. The highest BCUT2D eigenvalue weighted by molar-refractivity contribution is 5.70. The van der Waals surface area contributed by atoms with Gasteiger partial charge in [-0.05, 0) is 24.6 Å². The van der Waals surface area contributed by atoms with E-state index in [0.717, 1.165) is 16.8 Å². The van der Waals surface area contributed by atoms with Crippen molar-refractivity contribution in [1.29, 1.82) is 0 Å². The highest BCUT2D eigenvalue weighted by Crippen LogP contribution is 2.24. The number of nitrogens with zero attached hydrogens (tertiary/aromatic N) is 4. The molecule has 0 saturated carbocycles. The van der Waals surface area contributed by atoms with Crippen molar-refractivity contribution in [3.05, 3.63) is 36.3 Å². The highest BCUT2D eigenvalue weighted by atomic mass is 15.2. The van der Waals surface area contributed by atoms with Crippen molar-refractivity contribution >= 4 is 17.5 Å². The van der Waals surface area contributed by atoms with Crippen LogP contribution in [-0.2, 0) is 7.05 Å². The van der Waals surface area contributed by atoms with Gasteiger partial charge in [-0.25, -0.2) is 4.98 Å². The molecule has 3 heterocycles. The van der Waals surface area contributed by atoms with Crippen molar-refractivity contribution in [2.45, 2.75) is 6.92 Å². The Morgan fingerprint density at radius 1 is 1.20 bits per heavy atom. The molecule has 3 rings (SSSR count). The summed E-state index contributed by atoms with van der Waals surface area (Å²) in [6, 6.07) is 5.63. The number of aromatic amines is 1. The second kappa shape index (κ2) is 4.69. The number of nitrogen functional groups attached to an aromatic ring is 1. The van der Waals surface area contributed by atoms with E-state index in [2.05, 4.69) is 25.6 Å². The number of anilines is 3. The molecule has 0 atom stereocenters. The first-order valence-corrected chi connectivity index (χ1v) is 6.16. The smallest absolute Gasteiger partial charge is 0.153 e. The van der Waals surface area contributed by atoms with Crippen LogP contribution < -0.4 is 11.1 Å². The number of hydrogen-bond donors (Lipinski definition) is 3. The quantitative estimate of drug-likeness (QED) is 0.674. The fourth-order valence-electron chi connectivity index (χ4n) is 1.97. The fourth-order valence-corrected chi connectivity index (χ4v) is 1.97. The molecule has 3 aromatic rings. The Morgan fingerprint density at radius 3 is 2.70 bits per heavy atom. The van der Waals surface area contributed by atoms with Crippen LogP contribution in [0.25, 0.3) is 11.1 Å². The Labute approximate surface area is 115 Å². The Balaban J connectivity index is 1.94. The number of H-pyrrole nitrogens is 1. The second-order valence-corrected chi connectivity index (χ2v) is 4.63. The normalized spacial score (nSPS) is 10.7. The Morgan fingerprint density at radius 2 is 2.05 bits per heavy atom. The predicted molar refractivity (Wildman–Crippen MR) is 77.5 cm³/mol. The number of pyridine rings is 1. The van der Waals surface area contributed by atoms with E-state index in [1.54, 1.807) is 10.9 Å². The zero-order valence-corrected chi connectivity index (χ0v) is 11.3. The van der Waals surface area contributed by atoms with Gasteiger partial charge >= 0.3 is 0 Å². The molecule has 0 fully saturated rings. The first-order valence-electron chi connectivity index (χ1n) is 6.16. The van der Waals surface area contributed by atoms with Gasteiger partial charge in [-0.3, -0.25) is 9.78 Å². The van der Waals surface area contributed by atoms with Crippen molar-refractivity contribution in [1.82, 2.24) is 25.0 Å². The van der Waals surface area contributed by atoms with Gasteiger partial charge in [-0.2, -0.15) is 10.2 Å². The average Bonchev–Trinajstić information content (AvgIpc) is 2.98. The molecule has 4 N–H and O–H groups in total. The third kappa shape index (κ3) is 2.46. The number of aromatic nitrogens is 5.